The van der Waals surface area contributed by atoms with Gasteiger partial charge in [-0.1, -0.05) is 19.0 Å². The molecule has 0 radical (unpaired) electrons. The Kier molecular flexibility index (Phi) is 5.27. The van der Waals surface area contributed by atoms with Gasteiger partial charge in [-0.2, -0.15) is 11.8 Å². The fraction of sp³-hybridized carbons (Fsp3) is 0.471. The molecule has 0 N–H and O–H groups in total. The van der Waals surface area contributed by atoms with Crippen molar-refractivity contribution in [3.63, 3.8) is 0 Å². The molecule has 2 amide bonds. The van der Waals surface area contributed by atoms with Gasteiger partial charge in [-0.3, -0.25) is 14.4 Å². The maximum Gasteiger partial charge on any atom is 0.247 e. The van der Waals surface area contributed by atoms with Crippen molar-refractivity contribution in [3.05, 3.63) is 29.8 Å². The van der Waals surface area contributed by atoms with Gasteiger partial charge < -0.3 is 0 Å². The Morgan fingerprint density at radius 3 is 2.68 bits per heavy atom. The summed E-state index contributed by atoms with van der Waals surface area (Å²) in [7, 11) is 0. The average Bonchev–Trinajstić information content (AvgIpc) is 2.82. The predicted octanol–water partition coefficient (Wildman–Crippen LogP) is 2.98. The Morgan fingerprint density at radius 2 is 2.09 bits per heavy atom. The summed E-state index contributed by atoms with van der Waals surface area (Å²) in [4.78, 5) is 36.8. The molecule has 5 heteroatoms. The molecule has 1 unspecified atom stereocenters. The molecule has 4 nitrogen and oxygen atoms in total. The number of ketones is 1. The molecular weight excluding hydrogens is 298 g/mol. The van der Waals surface area contributed by atoms with E-state index in [1.165, 1.54) is 16.7 Å². The zero-order valence-electron chi connectivity index (χ0n) is 13.7. The van der Waals surface area contributed by atoms with Crippen LogP contribution in [-0.2, 0) is 20.8 Å². The van der Waals surface area contributed by atoms with E-state index in [9.17, 15) is 14.4 Å². The zero-order valence-corrected chi connectivity index (χ0v) is 13.5. The van der Waals surface area contributed by atoms with E-state index < -0.39 is 0 Å². The summed E-state index contributed by atoms with van der Waals surface area (Å²) < 4.78 is 7.02. The van der Waals surface area contributed by atoms with Crippen LogP contribution in [-0.4, -0.2) is 29.1 Å². The van der Waals surface area contributed by atoms with Gasteiger partial charge in [0.05, 0.1) is 10.9 Å². The lowest BCUT2D eigenvalue weighted by Gasteiger charge is -2.15. The van der Waals surface area contributed by atoms with Gasteiger partial charge in [0.15, 0.2) is 0 Å². The molecule has 0 bridgehead atoms. The highest BCUT2D eigenvalue weighted by Gasteiger charge is 2.38. The van der Waals surface area contributed by atoms with Gasteiger partial charge in [0, 0.05) is 20.6 Å². The van der Waals surface area contributed by atoms with Crippen LogP contribution >= 0.6 is 11.8 Å². The number of Topliss-reactive ketones (excluding diaryl/α,β-unsaturated/α-hetero) is 1. The molecule has 1 atom stereocenters. The highest BCUT2D eigenvalue weighted by Crippen LogP contribution is 2.28. The second-order valence-electron chi connectivity index (χ2n) is 5.30. The van der Waals surface area contributed by atoms with Crippen molar-refractivity contribution < 1.29 is 15.8 Å². The number of imide groups is 1. The summed E-state index contributed by atoms with van der Waals surface area (Å²) in [6.45, 7) is 0.155. The van der Waals surface area contributed by atoms with Crippen LogP contribution in [0.5, 0.6) is 0 Å². The summed E-state index contributed by atoms with van der Waals surface area (Å²) in [5.41, 5.74) is 1.69. The maximum absolute atomic E-state index is 12.2. The lowest BCUT2D eigenvalue weighted by atomic mass is 10.1. The van der Waals surface area contributed by atoms with Gasteiger partial charge in [0.2, 0.25) is 11.8 Å². The summed E-state index contributed by atoms with van der Waals surface area (Å²) in [6, 6.07) is 7.38. The van der Waals surface area contributed by atoms with Gasteiger partial charge in [0.25, 0.3) is 0 Å². The highest BCUT2D eigenvalue weighted by molar-refractivity contribution is 8.00. The number of hydrogen-bond donors (Lipinski definition) is 0. The van der Waals surface area contributed by atoms with E-state index in [2.05, 4.69) is 0 Å². The Hall–Kier alpha value is -1.62. The van der Waals surface area contributed by atoms with Crippen molar-refractivity contribution in [2.75, 3.05) is 11.2 Å². The molecule has 0 aliphatic carbocycles. The minimum atomic E-state index is -0.273. The monoisotopic (exact) mass is 320 g/mol. The Balaban J connectivity index is 1.93. The molecule has 0 spiro atoms. The fourth-order valence-corrected chi connectivity index (χ4v) is 3.10. The molecule has 118 valence electrons. The number of amides is 2. The average molecular weight is 320 g/mol. The number of benzene rings is 1. The van der Waals surface area contributed by atoms with Crippen LogP contribution in [0.25, 0.3) is 0 Å². The van der Waals surface area contributed by atoms with Gasteiger partial charge in [-0.15, -0.1) is 0 Å². The van der Waals surface area contributed by atoms with E-state index in [1.807, 2.05) is 18.4 Å². The third-order valence-electron chi connectivity index (χ3n) is 3.78. The normalized spacial score (nSPS) is 18.7. The number of rotatable bonds is 7. The Morgan fingerprint density at radius 1 is 1.36 bits per heavy atom. The van der Waals surface area contributed by atoms with Crippen molar-refractivity contribution in [3.8, 4) is 0 Å². The quantitative estimate of drug-likeness (QED) is 0.725. The van der Waals surface area contributed by atoms with Crippen LogP contribution in [0.3, 0.4) is 0 Å². The topological polar surface area (TPSA) is 54.5 Å². The number of nitrogens with zero attached hydrogens (tertiary/aromatic N) is 1. The van der Waals surface area contributed by atoms with Crippen LogP contribution in [0.2, 0.25) is 0 Å². The zero-order chi connectivity index (χ0) is 16.8. The van der Waals surface area contributed by atoms with E-state index in [0.717, 1.165) is 18.4 Å². The largest absolute Gasteiger partial charge is 0.300 e. The molecule has 1 aromatic rings. The Bertz CT molecular complexity index is 588. The number of carbonyl (C=O) groups is 3. The molecule has 1 aliphatic rings. The summed E-state index contributed by atoms with van der Waals surface area (Å²) >= 11 is 1.41. The number of thioether (sulfide) groups is 1. The van der Waals surface area contributed by atoms with E-state index >= 15 is 0 Å². The first-order valence-electron chi connectivity index (χ1n) is 8.07. The first kappa shape index (κ1) is 15.3. The van der Waals surface area contributed by atoms with Crippen LogP contribution in [0.15, 0.2) is 24.3 Å². The second kappa shape index (κ2) is 7.58. The predicted molar refractivity (Wildman–Crippen MR) is 89.1 cm³/mol. The van der Waals surface area contributed by atoms with E-state index in [-0.39, 0.29) is 36.2 Å². The number of hydrogen-bond acceptors (Lipinski definition) is 4. The lowest BCUT2D eigenvalue weighted by molar-refractivity contribution is -0.121. The summed E-state index contributed by atoms with van der Waals surface area (Å²) in [5, 5.41) is -0.273. The molecule has 1 heterocycles. The van der Waals surface area contributed by atoms with Crippen molar-refractivity contribution >= 4 is 35.0 Å². The SMILES string of the molecule is [2H]CCC(=O)CCCc1ccc(N2C(=O)CC(SC)C2=O)cc1. The van der Waals surface area contributed by atoms with E-state index in [0.29, 0.717) is 18.5 Å². The number of anilines is 1. The maximum atomic E-state index is 12.2. The molecule has 2 rings (SSSR count). The van der Waals surface area contributed by atoms with Crippen LogP contribution in [0.4, 0.5) is 5.69 Å². The van der Waals surface area contributed by atoms with Gasteiger partial charge in [-0.05, 0) is 36.8 Å². The number of aryl methyl sites for hydroxylation is 1. The van der Waals surface area contributed by atoms with Crippen LogP contribution in [0, 0.1) is 0 Å². The molecule has 0 saturated carbocycles. The third kappa shape index (κ3) is 3.77. The minimum absolute atomic E-state index is 0.132. The van der Waals surface area contributed by atoms with Crippen molar-refractivity contribution in [1.29, 1.82) is 0 Å². The third-order valence-corrected chi connectivity index (χ3v) is 4.72. The van der Waals surface area contributed by atoms with E-state index in [1.54, 1.807) is 12.1 Å². The molecule has 22 heavy (non-hydrogen) atoms. The molecule has 1 aromatic carbocycles. The molecule has 1 fully saturated rings. The summed E-state index contributed by atoms with van der Waals surface area (Å²) in [6.07, 6.45) is 4.46. The summed E-state index contributed by atoms with van der Waals surface area (Å²) in [5.74, 6) is -0.160. The lowest BCUT2D eigenvalue weighted by Crippen LogP contribution is -2.30. The standard InChI is InChI=1S/C17H21NO3S/c1-3-14(19)6-4-5-12-7-9-13(10-8-12)18-16(20)11-15(22-2)17(18)21/h7-10,15H,3-6,11H2,1-2H3/i1D. The van der Waals surface area contributed by atoms with E-state index in [4.69, 9.17) is 1.37 Å². The molecule has 1 saturated heterocycles. The first-order chi connectivity index (χ1) is 11.1. The molecule has 0 aromatic heterocycles. The highest BCUT2D eigenvalue weighted by atomic mass is 32.2. The van der Waals surface area contributed by atoms with Gasteiger partial charge in [0.1, 0.15) is 5.78 Å². The van der Waals surface area contributed by atoms with Crippen LogP contribution in [0.1, 0.15) is 39.5 Å². The second-order valence-corrected chi connectivity index (χ2v) is 6.34. The van der Waals surface area contributed by atoms with Crippen LogP contribution < -0.4 is 4.90 Å². The molecule has 1 aliphatic heterocycles. The van der Waals surface area contributed by atoms with Crippen molar-refractivity contribution in [2.24, 2.45) is 0 Å². The fourth-order valence-electron chi connectivity index (χ4n) is 2.49. The van der Waals surface area contributed by atoms with Crippen molar-refractivity contribution in [2.45, 2.75) is 44.3 Å². The van der Waals surface area contributed by atoms with Crippen molar-refractivity contribution in [1.82, 2.24) is 0 Å². The van der Waals surface area contributed by atoms with Gasteiger partial charge in [-0.25, -0.2) is 4.90 Å². The smallest absolute Gasteiger partial charge is 0.247 e. The minimum Gasteiger partial charge on any atom is -0.300 e. The van der Waals surface area contributed by atoms with Gasteiger partial charge >= 0.3 is 0 Å². The molecular formula is C17H21NO3S. The Labute approximate surface area is 136 Å². The number of carbonyl (C=O) groups excluding carboxylic acids is 3. The first-order valence-corrected chi connectivity index (χ1v) is 8.65.